The van der Waals surface area contributed by atoms with Crippen molar-refractivity contribution < 1.29 is 19.0 Å². The monoisotopic (exact) mass is 261 g/mol. The van der Waals surface area contributed by atoms with Crippen molar-refractivity contribution >= 4 is 5.97 Å². The maximum Gasteiger partial charge on any atom is 0.326 e. The Hall–Kier alpha value is -0.650. The Bertz CT molecular complexity index is 247. The van der Waals surface area contributed by atoms with Crippen LogP contribution in [0, 0.1) is 0 Å². The first kappa shape index (κ1) is 17.4. The van der Waals surface area contributed by atoms with Crippen molar-refractivity contribution in [2.75, 3.05) is 27.4 Å². The molecule has 0 spiro atoms. The smallest absolute Gasteiger partial charge is 0.326 e. The summed E-state index contributed by atoms with van der Waals surface area (Å²) < 4.78 is 15.8. The number of carbonyl (C=O) groups is 1. The fraction of sp³-hybridized carbons (Fsp3) is 0.923. The van der Waals surface area contributed by atoms with Crippen molar-refractivity contribution in [3.05, 3.63) is 0 Å². The second-order valence-electron chi connectivity index (χ2n) is 4.72. The quantitative estimate of drug-likeness (QED) is 0.635. The predicted octanol–water partition coefficient (Wildman–Crippen LogP) is 1.36. The van der Waals surface area contributed by atoms with Crippen LogP contribution in [0.3, 0.4) is 0 Å². The van der Waals surface area contributed by atoms with Crippen molar-refractivity contribution in [2.45, 2.75) is 51.9 Å². The largest absolute Gasteiger partial charge is 0.465 e. The number of hydrogen-bond donors (Lipinski definition) is 1. The van der Waals surface area contributed by atoms with Crippen LogP contribution in [0.4, 0.5) is 0 Å². The van der Waals surface area contributed by atoms with Gasteiger partial charge < -0.3 is 19.5 Å². The van der Waals surface area contributed by atoms with Crippen molar-refractivity contribution in [1.82, 2.24) is 5.32 Å². The van der Waals surface area contributed by atoms with Crippen molar-refractivity contribution in [1.29, 1.82) is 0 Å². The molecule has 0 radical (unpaired) electrons. The first-order valence-corrected chi connectivity index (χ1v) is 6.40. The standard InChI is InChI=1S/C13H27NO4/c1-7-17-12(15)13(4,14-5)8-10(2)18-11(3)9-16-6/h10-11,14H,7-9H2,1-6H3. The first-order valence-electron chi connectivity index (χ1n) is 6.40. The van der Waals surface area contributed by atoms with Gasteiger partial charge >= 0.3 is 5.97 Å². The third-order valence-corrected chi connectivity index (χ3v) is 2.84. The molecule has 0 heterocycles. The van der Waals surface area contributed by atoms with Crippen LogP contribution in [-0.4, -0.2) is 51.1 Å². The van der Waals surface area contributed by atoms with Gasteiger partial charge in [-0.3, -0.25) is 4.79 Å². The number of methoxy groups -OCH3 is 1. The summed E-state index contributed by atoms with van der Waals surface area (Å²) in [5.74, 6) is -0.248. The molecule has 0 aromatic heterocycles. The fourth-order valence-corrected chi connectivity index (χ4v) is 1.87. The average Bonchev–Trinajstić information content (AvgIpc) is 2.29. The SMILES string of the molecule is CCOC(=O)C(C)(CC(C)OC(C)COC)NC. The minimum absolute atomic E-state index is 0.00769. The van der Waals surface area contributed by atoms with E-state index in [1.165, 1.54) is 0 Å². The number of likely N-dealkylation sites (N-methyl/N-ethyl adjacent to an activating group) is 1. The van der Waals surface area contributed by atoms with E-state index in [4.69, 9.17) is 14.2 Å². The molecule has 0 aromatic carbocycles. The molecule has 0 aliphatic rings. The molecule has 0 saturated carbocycles. The molecule has 3 atom stereocenters. The molecule has 18 heavy (non-hydrogen) atoms. The van der Waals surface area contributed by atoms with Crippen LogP contribution in [0.1, 0.15) is 34.1 Å². The summed E-state index contributed by atoms with van der Waals surface area (Å²) in [6, 6.07) is 0. The lowest BCUT2D eigenvalue weighted by Gasteiger charge is -2.30. The number of ether oxygens (including phenoxy) is 3. The molecule has 1 N–H and O–H groups in total. The second kappa shape index (κ2) is 8.45. The van der Waals surface area contributed by atoms with Gasteiger partial charge in [0.05, 0.1) is 25.4 Å². The lowest BCUT2D eigenvalue weighted by Crippen LogP contribution is -2.51. The maximum atomic E-state index is 11.9. The first-order chi connectivity index (χ1) is 8.39. The van der Waals surface area contributed by atoms with E-state index in [2.05, 4.69) is 5.32 Å². The minimum atomic E-state index is -0.720. The normalized spacial score (nSPS) is 17.9. The molecule has 0 bridgehead atoms. The van der Waals surface area contributed by atoms with Crippen LogP contribution in [-0.2, 0) is 19.0 Å². The summed E-state index contributed by atoms with van der Waals surface area (Å²) in [6.07, 6.45) is 0.501. The lowest BCUT2D eigenvalue weighted by molar-refractivity contribution is -0.152. The zero-order valence-electron chi connectivity index (χ0n) is 12.4. The Morgan fingerprint density at radius 1 is 1.33 bits per heavy atom. The van der Waals surface area contributed by atoms with E-state index in [0.29, 0.717) is 19.6 Å². The number of hydrogen-bond acceptors (Lipinski definition) is 5. The Morgan fingerprint density at radius 2 is 1.94 bits per heavy atom. The highest BCUT2D eigenvalue weighted by Crippen LogP contribution is 2.17. The van der Waals surface area contributed by atoms with Crippen LogP contribution >= 0.6 is 0 Å². The van der Waals surface area contributed by atoms with Crippen LogP contribution in [0.25, 0.3) is 0 Å². The molecule has 5 nitrogen and oxygen atoms in total. The summed E-state index contributed by atoms with van der Waals surface area (Å²) in [5.41, 5.74) is -0.720. The van der Waals surface area contributed by atoms with Crippen LogP contribution in [0.5, 0.6) is 0 Å². The van der Waals surface area contributed by atoms with Crippen LogP contribution < -0.4 is 5.32 Å². The van der Waals surface area contributed by atoms with Crippen molar-refractivity contribution in [2.24, 2.45) is 0 Å². The summed E-state index contributed by atoms with van der Waals surface area (Å²) in [4.78, 5) is 11.9. The average molecular weight is 261 g/mol. The van der Waals surface area contributed by atoms with Gasteiger partial charge in [0.1, 0.15) is 5.54 Å². The van der Waals surface area contributed by atoms with Gasteiger partial charge in [-0.1, -0.05) is 0 Å². The summed E-state index contributed by atoms with van der Waals surface area (Å²) >= 11 is 0. The molecule has 5 heteroatoms. The number of esters is 1. The third-order valence-electron chi connectivity index (χ3n) is 2.84. The van der Waals surface area contributed by atoms with Crippen LogP contribution in [0.2, 0.25) is 0 Å². The molecule has 0 aliphatic heterocycles. The summed E-state index contributed by atoms with van der Waals surface area (Å²) in [5, 5.41) is 3.01. The summed E-state index contributed by atoms with van der Waals surface area (Å²) in [7, 11) is 3.39. The van der Waals surface area contributed by atoms with E-state index >= 15 is 0 Å². The maximum absolute atomic E-state index is 11.9. The van der Waals surface area contributed by atoms with E-state index in [-0.39, 0.29) is 18.2 Å². The predicted molar refractivity (Wildman–Crippen MR) is 70.6 cm³/mol. The highest BCUT2D eigenvalue weighted by atomic mass is 16.5. The number of nitrogens with one attached hydrogen (secondary N) is 1. The zero-order chi connectivity index (χ0) is 14.2. The Kier molecular flexibility index (Phi) is 8.15. The molecule has 3 unspecified atom stereocenters. The highest BCUT2D eigenvalue weighted by molar-refractivity contribution is 5.80. The third kappa shape index (κ3) is 5.80. The minimum Gasteiger partial charge on any atom is -0.465 e. The molecular formula is C13H27NO4. The van der Waals surface area contributed by atoms with Crippen LogP contribution in [0.15, 0.2) is 0 Å². The second-order valence-corrected chi connectivity index (χ2v) is 4.72. The number of carbonyl (C=O) groups excluding carboxylic acids is 1. The molecule has 108 valence electrons. The Balaban J connectivity index is 4.38. The van der Waals surface area contributed by atoms with Gasteiger partial charge in [0.15, 0.2) is 0 Å². The van der Waals surface area contributed by atoms with Gasteiger partial charge in [-0.2, -0.15) is 0 Å². The van der Waals surface area contributed by atoms with Gasteiger partial charge in [-0.25, -0.2) is 0 Å². The molecule has 0 aliphatic carbocycles. The van der Waals surface area contributed by atoms with E-state index in [9.17, 15) is 4.79 Å². The van der Waals surface area contributed by atoms with Gasteiger partial charge in [0, 0.05) is 13.5 Å². The topological polar surface area (TPSA) is 56.8 Å². The molecule has 0 aromatic rings. The number of rotatable bonds is 9. The van der Waals surface area contributed by atoms with E-state index in [0.717, 1.165) is 0 Å². The Morgan fingerprint density at radius 3 is 2.39 bits per heavy atom. The molecule has 0 saturated heterocycles. The fourth-order valence-electron chi connectivity index (χ4n) is 1.87. The van der Waals surface area contributed by atoms with Gasteiger partial charge in [-0.15, -0.1) is 0 Å². The lowest BCUT2D eigenvalue weighted by atomic mass is 9.95. The van der Waals surface area contributed by atoms with E-state index in [1.54, 1.807) is 21.1 Å². The highest BCUT2D eigenvalue weighted by Gasteiger charge is 2.35. The van der Waals surface area contributed by atoms with Crippen molar-refractivity contribution in [3.8, 4) is 0 Å². The Labute approximate surface area is 110 Å². The van der Waals surface area contributed by atoms with Crippen molar-refractivity contribution in [3.63, 3.8) is 0 Å². The summed E-state index contributed by atoms with van der Waals surface area (Å²) in [6.45, 7) is 8.44. The molecular weight excluding hydrogens is 234 g/mol. The van der Waals surface area contributed by atoms with Gasteiger partial charge in [0.2, 0.25) is 0 Å². The van der Waals surface area contributed by atoms with E-state index in [1.807, 2.05) is 20.8 Å². The van der Waals surface area contributed by atoms with Gasteiger partial charge in [0.25, 0.3) is 0 Å². The molecule has 0 fully saturated rings. The van der Waals surface area contributed by atoms with Gasteiger partial charge in [-0.05, 0) is 34.7 Å². The zero-order valence-corrected chi connectivity index (χ0v) is 12.4. The van der Waals surface area contributed by atoms with E-state index < -0.39 is 5.54 Å². The molecule has 0 amide bonds. The molecule has 0 rings (SSSR count).